The Kier molecular flexibility index (Phi) is 45.2. The number of aliphatic hydroxyl groups is 11. The average Bonchev–Trinajstić information content (AvgIpc) is 1.83. The molecule has 0 aromatic heterocycles. The molecule has 0 bridgehead atoms. The highest BCUT2D eigenvalue weighted by Gasteiger charge is 2.53. The van der Waals surface area contributed by atoms with Crippen molar-refractivity contribution in [3.05, 3.63) is 36.5 Å². The third-order valence-corrected chi connectivity index (χ3v) is 17.2. The van der Waals surface area contributed by atoms with E-state index in [1.165, 1.54) is 167 Å². The number of rotatable bonds is 52. The number of carbonyl (C=O) groups is 1. The van der Waals surface area contributed by atoms with Crippen LogP contribution in [0, 0.1) is 0 Å². The first-order chi connectivity index (χ1) is 41.8. The summed E-state index contributed by atoms with van der Waals surface area (Å²) in [5.41, 5.74) is 0. The van der Waals surface area contributed by atoms with Gasteiger partial charge >= 0.3 is 0 Å². The fourth-order valence-corrected chi connectivity index (χ4v) is 11.6. The summed E-state index contributed by atoms with van der Waals surface area (Å²) in [6.45, 7) is 1.74. The summed E-state index contributed by atoms with van der Waals surface area (Å²) < 4.78 is 34.3. The van der Waals surface area contributed by atoms with Crippen molar-refractivity contribution in [1.29, 1.82) is 0 Å². The van der Waals surface area contributed by atoms with Gasteiger partial charge in [0.2, 0.25) is 5.91 Å². The maximum absolute atomic E-state index is 13.4. The smallest absolute Gasteiger partial charge is 0.220 e. The standard InChI is InChI=1S/C67H123NO18/c1-3-5-7-9-11-13-15-17-19-21-23-24-25-26-27-29-31-33-35-37-39-41-43-45-55(73)68-50(51(72)44-42-40-38-36-34-32-30-28-22-20-18-16-14-12-10-8-6-4-2)49-81-65-61(79)58(76)63(53(47-70)83-65)86-67-62(80)59(77)64(54(48-71)84-67)85-66-60(78)57(75)56(74)52(46-69)82-66/h15,17,21,23,42,44,50-54,56-67,69-72,74-80H,3-14,16,18-20,22,24-41,43,45-49H2,1-2H3,(H,68,73)/b17-15-,23-21-,44-42+. The predicted molar refractivity (Wildman–Crippen MR) is 333 cm³/mol. The molecule has 19 heteroatoms. The van der Waals surface area contributed by atoms with E-state index in [2.05, 4.69) is 43.5 Å². The summed E-state index contributed by atoms with van der Waals surface area (Å²) in [6.07, 6.45) is 29.7. The van der Waals surface area contributed by atoms with Crippen molar-refractivity contribution in [2.75, 3.05) is 26.4 Å². The molecular formula is C67H123NO18. The normalized spacial score (nSPS) is 29.0. The molecule has 0 aromatic rings. The molecule has 3 heterocycles. The Balaban J connectivity index is 1.45. The summed E-state index contributed by atoms with van der Waals surface area (Å²) >= 11 is 0. The van der Waals surface area contributed by atoms with E-state index >= 15 is 0 Å². The Labute approximate surface area is 517 Å². The van der Waals surface area contributed by atoms with Crippen LogP contribution in [0.1, 0.15) is 251 Å². The molecule has 0 spiro atoms. The molecule has 3 saturated heterocycles. The molecule has 86 heavy (non-hydrogen) atoms. The van der Waals surface area contributed by atoms with Gasteiger partial charge in [0.25, 0.3) is 0 Å². The zero-order chi connectivity index (χ0) is 62.6. The Hall–Kier alpha value is -1.99. The largest absolute Gasteiger partial charge is 0.394 e. The lowest BCUT2D eigenvalue weighted by atomic mass is 9.96. The van der Waals surface area contributed by atoms with Crippen LogP contribution in [0.15, 0.2) is 36.5 Å². The highest BCUT2D eigenvalue weighted by Crippen LogP contribution is 2.33. The Bertz CT molecular complexity index is 1710. The summed E-state index contributed by atoms with van der Waals surface area (Å²) in [4.78, 5) is 13.4. The highest BCUT2D eigenvalue weighted by molar-refractivity contribution is 5.76. The number of nitrogens with one attached hydrogen (secondary N) is 1. The molecule has 1 amide bonds. The van der Waals surface area contributed by atoms with Crippen LogP contribution >= 0.6 is 0 Å². The second-order valence-corrected chi connectivity index (χ2v) is 24.6. The monoisotopic (exact) mass is 1230 g/mol. The van der Waals surface area contributed by atoms with Gasteiger partial charge in [-0.1, -0.05) is 230 Å². The quantitative estimate of drug-likeness (QED) is 0.0201. The van der Waals surface area contributed by atoms with Crippen molar-refractivity contribution in [1.82, 2.24) is 5.32 Å². The number of aliphatic hydroxyl groups excluding tert-OH is 11. The second-order valence-electron chi connectivity index (χ2n) is 24.6. The Morgan fingerprint density at radius 3 is 1.19 bits per heavy atom. The van der Waals surface area contributed by atoms with E-state index in [1.54, 1.807) is 6.08 Å². The lowest BCUT2D eigenvalue weighted by molar-refractivity contribution is -0.379. The van der Waals surface area contributed by atoms with Crippen LogP contribution in [0.3, 0.4) is 0 Å². The van der Waals surface area contributed by atoms with Gasteiger partial charge < -0.3 is 89.9 Å². The van der Waals surface area contributed by atoms with Crippen molar-refractivity contribution in [3.63, 3.8) is 0 Å². The van der Waals surface area contributed by atoms with Gasteiger partial charge in [-0.05, 0) is 51.4 Å². The number of unbranched alkanes of at least 4 members (excludes halogenated alkanes) is 32. The molecule has 3 aliphatic heterocycles. The van der Waals surface area contributed by atoms with Gasteiger partial charge in [-0.3, -0.25) is 4.79 Å². The van der Waals surface area contributed by atoms with Gasteiger partial charge in [0.05, 0.1) is 38.6 Å². The van der Waals surface area contributed by atoms with E-state index in [1.807, 2.05) is 6.08 Å². The maximum Gasteiger partial charge on any atom is 0.220 e. The molecule has 3 rings (SSSR count). The molecule has 17 atom stereocenters. The molecule has 0 radical (unpaired) electrons. The Morgan fingerprint density at radius 2 is 0.767 bits per heavy atom. The highest BCUT2D eigenvalue weighted by atomic mass is 16.8. The van der Waals surface area contributed by atoms with E-state index < -0.39 is 124 Å². The van der Waals surface area contributed by atoms with Crippen molar-refractivity contribution in [2.24, 2.45) is 0 Å². The van der Waals surface area contributed by atoms with Crippen molar-refractivity contribution < 1.29 is 89.4 Å². The van der Waals surface area contributed by atoms with Crippen molar-refractivity contribution >= 4 is 5.91 Å². The van der Waals surface area contributed by atoms with E-state index in [4.69, 9.17) is 28.4 Å². The zero-order valence-corrected chi connectivity index (χ0v) is 53.0. The van der Waals surface area contributed by atoms with Crippen LogP contribution in [0.2, 0.25) is 0 Å². The number of hydrogen-bond donors (Lipinski definition) is 12. The molecule has 12 N–H and O–H groups in total. The second kappa shape index (κ2) is 49.7. The SMILES string of the molecule is CCCCCCC/C=C\C/C=C\CCCCCCCCCCCCCC(=O)NC(COC1OC(CO)C(OC2OC(CO)C(OC3OC(CO)C(O)C(O)C3O)C(O)C2O)C(O)C1O)C(O)/C=C/CCCCCCCCCCCCCCCCCC. The van der Waals surface area contributed by atoms with E-state index in [0.29, 0.717) is 6.42 Å². The molecule has 19 nitrogen and oxygen atoms in total. The average molecular weight is 1230 g/mol. The molecular weight excluding hydrogens is 1110 g/mol. The number of amides is 1. The van der Waals surface area contributed by atoms with Gasteiger partial charge in [0.15, 0.2) is 18.9 Å². The molecule has 3 fully saturated rings. The first-order valence-corrected chi connectivity index (χ1v) is 34.2. The van der Waals surface area contributed by atoms with Gasteiger partial charge in [0.1, 0.15) is 73.2 Å². The van der Waals surface area contributed by atoms with Crippen LogP contribution in [0.25, 0.3) is 0 Å². The van der Waals surface area contributed by atoms with Gasteiger partial charge in [0, 0.05) is 6.42 Å². The summed E-state index contributed by atoms with van der Waals surface area (Å²) in [5.74, 6) is -0.276. The first kappa shape index (κ1) is 78.3. The van der Waals surface area contributed by atoms with E-state index in [0.717, 1.165) is 57.8 Å². The third-order valence-electron chi connectivity index (χ3n) is 17.2. The predicted octanol–water partition coefficient (Wildman–Crippen LogP) is 8.44. The minimum absolute atomic E-state index is 0.242. The fraction of sp³-hybridized carbons (Fsp3) is 0.896. The summed E-state index contributed by atoms with van der Waals surface area (Å²) in [7, 11) is 0. The van der Waals surface area contributed by atoms with Crippen molar-refractivity contribution in [2.45, 2.75) is 356 Å². The molecule has 3 aliphatic rings. The van der Waals surface area contributed by atoms with Gasteiger partial charge in [-0.25, -0.2) is 0 Å². The molecule has 0 aromatic carbocycles. The van der Waals surface area contributed by atoms with Crippen LogP contribution in [-0.4, -0.2) is 193 Å². The van der Waals surface area contributed by atoms with Crippen molar-refractivity contribution in [3.8, 4) is 0 Å². The van der Waals surface area contributed by atoms with Crippen LogP contribution in [0.5, 0.6) is 0 Å². The minimum atomic E-state index is -1.98. The third kappa shape index (κ3) is 31.8. The van der Waals surface area contributed by atoms with E-state index in [-0.39, 0.29) is 18.9 Å². The number of ether oxygens (including phenoxy) is 6. The van der Waals surface area contributed by atoms with Crippen LogP contribution in [0.4, 0.5) is 0 Å². The lowest BCUT2D eigenvalue weighted by Gasteiger charge is -2.48. The number of allylic oxidation sites excluding steroid dienone is 5. The summed E-state index contributed by atoms with van der Waals surface area (Å²) in [6, 6.07) is -0.974. The summed E-state index contributed by atoms with van der Waals surface area (Å²) in [5, 5.41) is 120. The van der Waals surface area contributed by atoms with Gasteiger partial charge in [-0.15, -0.1) is 0 Å². The van der Waals surface area contributed by atoms with Crippen LogP contribution < -0.4 is 5.32 Å². The number of carbonyl (C=O) groups excluding carboxylic acids is 1. The fourth-order valence-electron chi connectivity index (χ4n) is 11.6. The van der Waals surface area contributed by atoms with Crippen LogP contribution in [-0.2, 0) is 33.2 Å². The zero-order valence-electron chi connectivity index (χ0n) is 53.0. The van der Waals surface area contributed by atoms with Gasteiger partial charge in [-0.2, -0.15) is 0 Å². The first-order valence-electron chi connectivity index (χ1n) is 34.2. The Morgan fingerprint density at radius 1 is 0.419 bits per heavy atom. The number of hydrogen-bond acceptors (Lipinski definition) is 18. The molecule has 0 saturated carbocycles. The maximum atomic E-state index is 13.4. The molecule has 17 unspecified atom stereocenters. The molecule has 0 aliphatic carbocycles. The molecule has 504 valence electrons. The minimum Gasteiger partial charge on any atom is -0.394 e. The lowest BCUT2D eigenvalue weighted by Crippen LogP contribution is -2.66. The van der Waals surface area contributed by atoms with E-state index in [9.17, 15) is 61.0 Å². The topological polar surface area (TPSA) is 307 Å².